The first-order valence-corrected chi connectivity index (χ1v) is 11.1. The smallest absolute Gasteiger partial charge is 0.477 e. The van der Waals surface area contributed by atoms with Crippen molar-refractivity contribution in [3.05, 3.63) is 46.5 Å². The summed E-state index contributed by atoms with van der Waals surface area (Å²) in [5.41, 5.74) is -0.515. The highest BCUT2D eigenvalue weighted by molar-refractivity contribution is 7.89. The fraction of sp³-hybridized carbons (Fsp3) is 0.316. The van der Waals surface area contributed by atoms with E-state index in [2.05, 4.69) is 14.8 Å². The number of nitro groups is 1. The first-order chi connectivity index (χ1) is 15.5. The number of hydrogen-bond acceptors (Lipinski definition) is 8. The fourth-order valence-corrected chi connectivity index (χ4v) is 4.90. The first-order valence-electron chi connectivity index (χ1n) is 9.66. The molecule has 0 atom stereocenters. The summed E-state index contributed by atoms with van der Waals surface area (Å²) in [6.07, 6.45) is -2.38. The molecule has 1 saturated heterocycles. The number of rotatable bonds is 7. The molecule has 0 spiro atoms. The fourth-order valence-electron chi connectivity index (χ4n) is 3.37. The summed E-state index contributed by atoms with van der Waals surface area (Å²) in [7, 11) is -3.88. The molecule has 0 aliphatic carbocycles. The van der Waals surface area contributed by atoms with Gasteiger partial charge in [0.2, 0.25) is 10.0 Å². The molecule has 0 aromatic heterocycles. The minimum Gasteiger partial charge on any atom is -0.477 e. The van der Waals surface area contributed by atoms with E-state index in [4.69, 9.17) is 4.74 Å². The van der Waals surface area contributed by atoms with Gasteiger partial charge in [-0.25, -0.2) is 8.42 Å². The molecule has 2 aromatic carbocycles. The molecule has 176 valence electrons. The van der Waals surface area contributed by atoms with Crippen LogP contribution in [0.2, 0.25) is 0 Å². The van der Waals surface area contributed by atoms with E-state index in [0.717, 1.165) is 18.2 Å². The Balaban J connectivity index is 1.44. The van der Waals surface area contributed by atoms with Gasteiger partial charge in [0.25, 0.3) is 5.91 Å². The van der Waals surface area contributed by atoms with Crippen LogP contribution >= 0.6 is 0 Å². The number of alkyl halides is 2. The van der Waals surface area contributed by atoms with Crippen LogP contribution in [0, 0.1) is 10.1 Å². The zero-order chi connectivity index (χ0) is 23.8. The number of ether oxygens (including phenoxy) is 3. The number of sulfonamides is 1. The van der Waals surface area contributed by atoms with Gasteiger partial charge < -0.3 is 19.5 Å². The van der Waals surface area contributed by atoms with Crippen LogP contribution in [0.4, 0.5) is 20.2 Å². The second-order valence-electron chi connectivity index (χ2n) is 7.16. The second kappa shape index (κ2) is 8.44. The van der Waals surface area contributed by atoms with Crippen LogP contribution in [0.1, 0.15) is 12.8 Å². The first kappa shape index (κ1) is 22.7. The number of fused-ring (bicyclic) bond motifs is 1. The molecule has 1 N–H and O–H groups in total. The lowest BCUT2D eigenvalue weighted by Gasteiger charge is -2.16. The van der Waals surface area contributed by atoms with Crippen molar-refractivity contribution in [2.24, 2.45) is 0 Å². The molecule has 1 fully saturated rings. The Labute approximate surface area is 186 Å². The van der Waals surface area contributed by atoms with Gasteiger partial charge in [-0.3, -0.25) is 14.9 Å². The van der Waals surface area contributed by atoms with Crippen LogP contribution in [-0.2, 0) is 14.8 Å². The van der Waals surface area contributed by atoms with Gasteiger partial charge in [0.05, 0.1) is 9.82 Å². The van der Waals surface area contributed by atoms with E-state index < -0.39 is 39.4 Å². The van der Waals surface area contributed by atoms with Crippen LogP contribution in [0.3, 0.4) is 0 Å². The summed E-state index contributed by atoms with van der Waals surface area (Å²) < 4.78 is 66.5. The predicted molar refractivity (Wildman–Crippen MR) is 108 cm³/mol. The van der Waals surface area contributed by atoms with E-state index in [1.807, 2.05) is 0 Å². The number of halogens is 2. The maximum Gasteiger partial charge on any atom is 0.586 e. The van der Waals surface area contributed by atoms with Crippen LogP contribution in [-0.4, -0.2) is 49.5 Å². The maximum atomic E-state index is 13.1. The van der Waals surface area contributed by atoms with Gasteiger partial charge >= 0.3 is 12.0 Å². The lowest BCUT2D eigenvalue weighted by molar-refractivity contribution is -0.386. The van der Waals surface area contributed by atoms with Crippen molar-refractivity contribution in [1.29, 1.82) is 0 Å². The van der Waals surface area contributed by atoms with Crippen LogP contribution in [0.5, 0.6) is 17.2 Å². The number of benzene rings is 2. The van der Waals surface area contributed by atoms with Gasteiger partial charge in [0, 0.05) is 30.9 Å². The van der Waals surface area contributed by atoms with Crippen molar-refractivity contribution in [2.75, 3.05) is 25.0 Å². The average molecular weight is 485 g/mol. The quantitative estimate of drug-likeness (QED) is 0.467. The number of nitrogens with zero attached hydrogens (tertiary/aromatic N) is 2. The van der Waals surface area contributed by atoms with Crippen LogP contribution < -0.4 is 19.5 Å². The molecule has 2 aromatic rings. The summed E-state index contributed by atoms with van der Waals surface area (Å²) in [5.74, 6) is -1.53. The molecule has 14 heteroatoms. The molecule has 1 amide bonds. The van der Waals surface area contributed by atoms with Crippen LogP contribution in [0.25, 0.3) is 0 Å². The van der Waals surface area contributed by atoms with E-state index in [0.29, 0.717) is 25.9 Å². The van der Waals surface area contributed by atoms with Crippen LogP contribution in [0.15, 0.2) is 41.3 Å². The summed E-state index contributed by atoms with van der Waals surface area (Å²) in [5, 5.41) is 13.8. The number of anilines is 1. The van der Waals surface area contributed by atoms with Gasteiger partial charge in [-0.2, -0.15) is 4.31 Å². The van der Waals surface area contributed by atoms with E-state index in [9.17, 15) is 32.1 Å². The molecule has 11 nitrogen and oxygen atoms in total. The van der Waals surface area contributed by atoms with Crippen molar-refractivity contribution in [2.45, 2.75) is 24.0 Å². The Morgan fingerprint density at radius 3 is 2.55 bits per heavy atom. The SMILES string of the molecule is O=C(COc1ccc(S(=O)(=O)N2CCCC2)cc1[N+](=O)[O-])Nc1ccc2c(c1)OC(F)(F)O2. The maximum absolute atomic E-state index is 13.1. The van der Waals surface area contributed by atoms with Crippen molar-refractivity contribution in [3.63, 3.8) is 0 Å². The molecule has 2 heterocycles. The molecule has 2 aliphatic heterocycles. The van der Waals surface area contributed by atoms with E-state index in [-0.39, 0.29) is 27.8 Å². The van der Waals surface area contributed by atoms with E-state index in [1.54, 1.807) is 0 Å². The molecule has 0 bridgehead atoms. The molecular weight excluding hydrogens is 468 g/mol. The molecule has 33 heavy (non-hydrogen) atoms. The molecule has 0 saturated carbocycles. The second-order valence-corrected chi connectivity index (χ2v) is 9.10. The Bertz CT molecular complexity index is 1220. The van der Waals surface area contributed by atoms with Crippen molar-refractivity contribution >= 4 is 27.3 Å². The molecule has 0 radical (unpaired) electrons. The van der Waals surface area contributed by atoms with Crippen molar-refractivity contribution in [1.82, 2.24) is 4.31 Å². The zero-order valence-electron chi connectivity index (χ0n) is 16.8. The van der Waals surface area contributed by atoms with Gasteiger partial charge in [-0.15, -0.1) is 8.78 Å². The summed E-state index contributed by atoms with van der Waals surface area (Å²) >= 11 is 0. The molecule has 2 aliphatic rings. The number of nitro benzene ring substituents is 1. The standard InChI is InChI=1S/C19H17F2N3O8S/c20-19(21)31-16-5-3-12(9-17(16)32-19)22-18(25)11-30-15-6-4-13(10-14(15)24(26)27)33(28,29)23-7-1-2-8-23/h3-6,9-10H,1-2,7-8,11H2,(H,22,25). The van der Waals surface area contributed by atoms with Crippen molar-refractivity contribution < 1.29 is 41.1 Å². The molecule has 4 rings (SSSR count). The number of hydrogen-bond donors (Lipinski definition) is 1. The Kier molecular flexibility index (Phi) is 5.80. The van der Waals surface area contributed by atoms with Gasteiger partial charge in [-0.1, -0.05) is 0 Å². The average Bonchev–Trinajstić information content (AvgIpc) is 3.39. The summed E-state index contributed by atoms with van der Waals surface area (Å²) in [6, 6.07) is 6.76. The third kappa shape index (κ3) is 4.80. The highest BCUT2D eigenvalue weighted by Gasteiger charge is 2.43. The summed E-state index contributed by atoms with van der Waals surface area (Å²) in [6.45, 7) is 0.0156. The third-order valence-electron chi connectivity index (χ3n) is 4.87. The number of carbonyl (C=O) groups is 1. The topological polar surface area (TPSA) is 137 Å². The highest BCUT2D eigenvalue weighted by atomic mass is 32.2. The Hall–Kier alpha value is -3.52. The van der Waals surface area contributed by atoms with Crippen molar-refractivity contribution in [3.8, 4) is 17.2 Å². The molecular formula is C19H17F2N3O8S. The predicted octanol–water partition coefficient (Wildman–Crippen LogP) is 2.72. The lowest BCUT2D eigenvalue weighted by Crippen LogP contribution is -2.28. The van der Waals surface area contributed by atoms with E-state index >= 15 is 0 Å². The van der Waals surface area contributed by atoms with E-state index in [1.165, 1.54) is 22.5 Å². The number of carbonyl (C=O) groups excluding carboxylic acids is 1. The number of amides is 1. The molecule has 0 unspecified atom stereocenters. The largest absolute Gasteiger partial charge is 0.586 e. The van der Waals surface area contributed by atoms with Gasteiger partial charge in [0.15, 0.2) is 23.9 Å². The summed E-state index contributed by atoms with van der Waals surface area (Å²) in [4.78, 5) is 22.6. The number of nitrogens with one attached hydrogen (secondary N) is 1. The zero-order valence-corrected chi connectivity index (χ0v) is 17.6. The van der Waals surface area contributed by atoms with Gasteiger partial charge in [-0.05, 0) is 37.1 Å². The normalized spacial score (nSPS) is 17.0. The van der Waals surface area contributed by atoms with Gasteiger partial charge in [0.1, 0.15) is 0 Å². The lowest BCUT2D eigenvalue weighted by atomic mass is 10.3. The minimum atomic E-state index is -3.88. The third-order valence-corrected chi connectivity index (χ3v) is 6.77. The monoisotopic (exact) mass is 485 g/mol. The highest BCUT2D eigenvalue weighted by Crippen LogP contribution is 2.42. The Morgan fingerprint density at radius 1 is 1.15 bits per heavy atom. The minimum absolute atomic E-state index is 0.102. The Morgan fingerprint density at radius 2 is 1.85 bits per heavy atom.